The first-order chi connectivity index (χ1) is 22.7. The molecule has 0 amide bonds. The molecule has 0 fully saturated rings. The Balaban J connectivity index is 1.55. The van der Waals surface area contributed by atoms with E-state index in [0.29, 0.717) is 26.2 Å². The number of nitrogens with zero attached hydrogens (tertiary/aromatic N) is 4. The van der Waals surface area contributed by atoms with E-state index < -0.39 is 0 Å². The van der Waals surface area contributed by atoms with Gasteiger partial charge < -0.3 is 10.2 Å². The number of phenolic OH excluding ortho intramolecular Hbond substituents is 2. The quantitative estimate of drug-likeness (QED) is 0.139. The van der Waals surface area contributed by atoms with Crippen molar-refractivity contribution in [3.63, 3.8) is 0 Å². The van der Waals surface area contributed by atoms with Crippen molar-refractivity contribution >= 4 is 0 Å². The predicted octanol–water partition coefficient (Wildman–Crippen LogP) is 8.08. The number of hydrogen-bond donors (Lipinski definition) is 2. The molecule has 0 bridgehead atoms. The molecule has 2 heterocycles. The molecule has 0 radical (unpaired) electrons. The summed E-state index contributed by atoms with van der Waals surface area (Å²) in [6, 6.07) is 47.8. The highest BCUT2D eigenvalue weighted by Gasteiger charge is 2.36. The molecule has 0 aliphatic rings. The summed E-state index contributed by atoms with van der Waals surface area (Å²) in [5.41, 5.74) is 5.80. The highest BCUT2D eigenvalue weighted by atomic mass is 16.3. The van der Waals surface area contributed by atoms with Gasteiger partial charge in [-0.2, -0.15) is 0 Å². The van der Waals surface area contributed by atoms with E-state index in [2.05, 4.69) is 58.3 Å². The molecule has 46 heavy (non-hydrogen) atoms. The average Bonchev–Trinajstić information content (AvgIpc) is 3.10. The second kappa shape index (κ2) is 15.1. The summed E-state index contributed by atoms with van der Waals surface area (Å²) >= 11 is 0. The highest BCUT2D eigenvalue weighted by Crippen LogP contribution is 2.42. The van der Waals surface area contributed by atoms with Gasteiger partial charge in [-0.3, -0.25) is 19.8 Å². The SMILES string of the molecule is Oc1ccccc1CN(Cc1ccccn1)[C@H](c1ccccc1)[C@@H](c1ccccc1)N(Cc1ccccn1)Cc1ccccc1O. The van der Waals surface area contributed by atoms with Crippen LogP contribution < -0.4 is 0 Å². The molecule has 4 aromatic carbocycles. The number of aromatic nitrogens is 2. The van der Waals surface area contributed by atoms with Gasteiger partial charge in [-0.1, -0.05) is 109 Å². The average molecular weight is 607 g/mol. The molecule has 2 aromatic heterocycles. The zero-order valence-electron chi connectivity index (χ0n) is 25.7. The molecule has 230 valence electrons. The van der Waals surface area contributed by atoms with Crippen LogP contribution in [0.25, 0.3) is 0 Å². The van der Waals surface area contributed by atoms with Crippen molar-refractivity contribution in [1.29, 1.82) is 0 Å². The Morgan fingerprint density at radius 2 is 0.783 bits per heavy atom. The molecule has 6 heteroatoms. The van der Waals surface area contributed by atoms with Crippen molar-refractivity contribution in [2.75, 3.05) is 0 Å². The summed E-state index contributed by atoms with van der Waals surface area (Å²) in [6.07, 6.45) is 3.65. The van der Waals surface area contributed by atoms with Crippen LogP contribution in [0.5, 0.6) is 11.5 Å². The minimum absolute atomic E-state index is 0.195. The van der Waals surface area contributed by atoms with Gasteiger partial charge in [0.2, 0.25) is 0 Å². The number of pyridine rings is 2. The smallest absolute Gasteiger partial charge is 0.120 e. The predicted molar refractivity (Wildman–Crippen MR) is 182 cm³/mol. The summed E-state index contributed by atoms with van der Waals surface area (Å²) in [4.78, 5) is 14.3. The maximum atomic E-state index is 11.0. The molecule has 0 aliphatic heterocycles. The van der Waals surface area contributed by atoms with Gasteiger partial charge in [-0.25, -0.2) is 0 Å². The van der Waals surface area contributed by atoms with Crippen LogP contribution >= 0.6 is 0 Å². The second-order valence-corrected chi connectivity index (χ2v) is 11.4. The van der Waals surface area contributed by atoms with Crippen molar-refractivity contribution in [3.05, 3.63) is 192 Å². The lowest BCUT2D eigenvalue weighted by atomic mass is 9.89. The Bertz CT molecular complexity index is 1650. The van der Waals surface area contributed by atoms with Crippen LogP contribution in [0.15, 0.2) is 158 Å². The Kier molecular flexibility index (Phi) is 10.1. The van der Waals surface area contributed by atoms with E-state index >= 15 is 0 Å². The maximum absolute atomic E-state index is 11.0. The summed E-state index contributed by atoms with van der Waals surface area (Å²) in [7, 11) is 0. The molecule has 0 saturated carbocycles. The van der Waals surface area contributed by atoms with Gasteiger partial charge >= 0.3 is 0 Å². The molecule has 2 atom stereocenters. The van der Waals surface area contributed by atoms with E-state index in [-0.39, 0.29) is 23.6 Å². The van der Waals surface area contributed by atoms with Gasteiger partial charge in [0.25, 0.3) is 0 Å². The summed E-state index contributed by atoms with van der Waals surface area (Å²) in [6.45, 7) is 2.07. The van der Waals surface area contributed by atoms with Gasteiger partial charge in [0.15, 0.2) is 0 Å². The van der Waals surface area contributed by atoms with E-state index in [1.165, 1.54) is 0 Å². The lowest BCUT2D eigenvalue weighted by Crippen LogP contribution is -2.40. The number of para-hydroxylation sites is 2. The van der Waals surface area contributed by atoms with Crippen molar-refractivity contribution in [2.24, 2.45) is 0 Å². The van der Waals surface area contributed by atoms with Crippen LogP contribution in [0, 0.1) is 0 Å². The van der Waals surface area contributed by atoms with Crippen LogP contribution in [0.4, 0.5) is 0 Å². The Morgan fingerprint density at radius 3 is 1.15 bits per heavy atom. The monoisotopic (exact) mass is 606 g/mol. The Hall–Kier alpha value is -5.30. The number of benzene rings is 4. The van der Waals surface area contributed by atoms with Gasteiger partial charge in [0.1, 0.15) is 11.5 Å². The summed E-state index contributed by atoms with van der Waals surface area (Å²) in [5, 5.41) is 21.9. The van der Waals surface area contributed by atoms with Crippen LogP contribution in [0.3, 0.4) is 0 Å². The van der Waals surface area contributed by atoms with E-state index in [1.807, 2.05) is 97.3 Å². The van der Waals surface area contributed by atoms with E-state index in [9.17, 15) is 10.2 Å². The molecule has 6 rings (SSSR count). The highest BCUT2D eigenvalue weighted by molar-refractivity contribution is 5.35. The zero-order chi connectivity index (χ0) is 31.6. The Morgan fingerprint density at radius 1 is 0.413 bits per heavy atom. The van der Waals surface area contributed by atoms with E-state index in [1.54, 1.807) is 12.1 Å². The molecule has 6 aromatic rings. The number of rotatable bonds is 13. The number of aromatic hydroxyl groups is 2. The molecule has 0 saturated heterocycles. The Labute approximate surface area is 270 Å². The standard InChI is InChI=1S/C40H38N4O2/c45-37-23-9-7-19-33(37)27-43(29-35-21-11-13-25-41-35)39(31-15-3-1-4-16-31)40(32-17-5-2-6-18-32)44(30-36-22-12-14-26-42-36)28-34-20-8-10-24-38(34)46/h1-26,39-40,45-46H,27-30H2/t39-,40-/m1/s1. The van der Waals surface area contributed by atoms with Gasteiger partial charge in [0.05, 0.1) is 23.5 Å². The maximum Gasteiger partial charge on any atom is 0.120 e. The largest absolute Gasteiger partial charge is 0.508 e. The van der Waals surface area contributed by atoms with Crippen molar-refractivity contribution < 1.29 is 10.2 Å². The first kappa shape index (κ1) is 30.7. The van der Waals surface area contributed by atoms with Crippen LogP contribution in [0.1, 0.15) is 45.7 Å². The van der Waals surface area contributed by atoms with Crippen LogP contribution in [0.2, 0.25) is 0 Å². The van der Waals surface area contributed by atoms with Gasteiger partial charge in [-0.15, -0.1) is 0 Å². The van der Waals surface area contributed by atoms with E-state index in [0.717, 1.165) is 33.6 Å². The first-order valence-electron chi connectivity index (χ1n) is 15.6. The first-order valence-corrected chi connectivity index (χ1v) is 15.6. The van der Waals surface area contributed by atoms with Crippen molar-refractivity contribution in [3.8, 4) is 11.5 Å². The van der Waals surface area contributed by atoms with E-state index in [4.69, 9.17) is 9.97 Å². The van der Waals surface area contributed by atoms with Gasteiger partial charge in [-0.05, 0) is 47.5 Å². The molecule has 2 N–H and O–H groups in total. The zero-order valence-corrected chi connectivity index (χ0v) is 25.7. The minimum Gasteiger partial charge on any atom is -0.508 e. The second-order valence-electron chi connectivity index (χ2n) is 11.4. The lowest BCUT2D eigenvalue weighted by Gasteiger charge is -2.43. The fourth-order valence-corrected chi connectivity index (χ4v) is 6.12. The van der Waals surface area contributed by atoms with Gasteiger partial charge in [0, 0.05) is 49.7 Å². The van der Waals surface area contributed by atoms with Crippen LogP contribution in [-0.2, 0) is 26.2 Å². The minimum atomic E-state index is -0.195. The molecular formula is C40H38N4O2. The molecule has 0 unspecified atom stereocenters. The third-order valence-corrected chi connectivity index (χ3v) is 8.28. The summed E-state index contributed by atoms with van der Waals surface area (Å²) in [5.74, 6) is 0.521. The number of hydrogen-bond acceptors (Lipinski definition) is 6. The summed E-state index contributed by atoms with van der Waals surface area (Å²) < 4.78 is 0. The van der Waals surface area contributed by atoms with Crippen molar-refractivity contribution in [1.82, 2.24) is 19.8 Å². The number of phenols is 2. The third kappa shape index (κ3) is 7.67. The normalized spacial score (nSPS) is 12.7. The molecule has 6 nitrogen and oxygen atoms in total. The molecule has 0 aliphatic carbocycles. The van der Waals surface area contributed by atoms with Crippen LogP contribution in [-0.4, -0.2) is 30.0 Å². The lowest BCUT2D eigenvalue weighted by molar-refractivity contribution is 0.0523. The molecule has 0 spiro atoms. The fourth-order valence-electron chi connectivity index (χ4n) is 6.12. The third-order valence-electron chi connectivity index (χ3n) is 8.28. The molecular weight excluding hydrogens is 568 g/mol. The topological polar surface area (TPSA) is 72.7 Å². The fraction of sp³-hybridized carbons (Fsp3) is 0.150. The van der Waals surface area contributed by atoms with Crippen molar-refractivity contribution in [2.45, 2.75) is 38.3 Å².